The maximum absolute atomic E-state index is 10.8. The Bertz CT molecular complexity index is 289. The zero-order valence-corrected chi connectivity index (χ0v) is 12.8. The van der Waals surface area contributed by atoms with Gasteiger partial charge in [-0.15, -0.1) is 0 Å². The van der Waals surface area contributed by atoms with Gasteiger partial charge in [-0.1, -0.05) is 7.43 Å². The van der Waals surface area contributed by atoms with Crippen LogP contribution in [0.4, 0.5) is 4.79 Å². The second-order valence-electron chi connectivity index (χ2n) is 5.44. The lowest BCUT2D eigenvalue weighted by Gasteiger charge is -2.31. The van der Waals surface area contributed by atoms with Crippen LogP contribution in [-0.2, 0) is 4.79 Å². The quantitative estimate of drug-likeness (QED) is 0.668. The lowest BCUT2D eigenvalue weighted by molar-refractivity contribution is -0.130. The highest BCUT2D eigenvalue weighted by molar-refractivity contribution is 5.73. The summed E-state index contributed by atoms with van der Waals surface area (Å²) in [4.78, 5) is 29.4. The molecule has 0 unspecified atom stereocenters. The van der Waals surface area contributed by atoms with E-state index in [4.69, 9.17) is 5.73 Å². The molecule has 7 nitrogen and oxygen atoms in total. The third kappa shape index (κ3) is 7.29. The van der Waals surface area contributed by atoms with Crippen molar-refractivity contribution in [1.29, 1.82) is 0 Å². The maximum Gasteiger partial charge on any atom is 0.314 e. The lowest BCUT2D eigenvalue weighted by Crippen LogP contribution is -2.49. The minimum Gasteiger partial charge on any atom is -0.351 e. The zero-order chi connectivity index (χ0) is 15.1. The van der Waals surface area contributed by atoms with Gasteiger partial charge in [0.1, 0.15) is 0 Å². The van der Waals surface area contributed by atoms with Gasteiger partial charge in [-0.05, 0) is 14.1 Å². The van der Waals surface area contributed by atoms with Gasteiger partial charge in [-0.2, -0.15) is 0 Å². The summed E-state index contributed by atoms with van der Waals surface area (Å²) in [6.07, 6.45) is 0. The average Bonchev–Trinajstić information content (AvgIpc) is 2.40. The van der Waals surface area contributed by atoms with E-state index in [2.05, 4.69) is 16.8 Å². The number of urea groups is 1. The normalized spacial score (nSPS) is 20.1. The fourth-order valence-electron chi connectivity index (χ4n) is 2.15. The van der Waals surface area contributed by atoms with Crippen LogP contribution in [-0.4, -0.2) is 98.0 Å². The zero-order valence-electron chi connectivity index (χ0n) is 12.8. The van der Waals surface area contributed by atoms with Crippen molar-refractivity contribution in [1.82, 2.24) is 19.6 Å². The van der Waals surface area contributed by atoms with Crippen LogP contribution in [0.15, 0.2) is 0 Å². The first-order valence-electron chi connectivity index (χ1n) is 7.07. The number of nitrogens with zero attached hydrogens (tertiary/aromatic N) is 4. The predicted octanol–water partition coefficient (Wildman–Crippen LogP) is -0.271. The monoisotopic (exact) mass is 301 g/mol. The molecule has 21 heavy (non-hydrogen) atoms. The second kappa shape index (κ2) is 9.57. The van der Waals surface area contributed by atoms with E-state index in [1.54, 1.807) is 11.8 Å². The highest BCUT2D eigenvalue weighted by Gasteiger charge is 2.15. The van der Waals surface area contributed by atoms with Crippen molar-refractivity contribution < 1.29 is 9.59 Å². The van der Waals surface area contributed by atoms with Crippen LogP contribution in [0.25, 0.3) is 0 Å². The van der Waals surface area contributed by atoms with Gasteiger partial charge in [-0.3, -0.25) is 4.79 Å². The smallest absolute Gasteiger partial charge is 0.314 e. The summed E-state index contributed by atoms with van der Waals surface area (Å²) in [6.45, 7) is 8.85. The Labute approximate surface area is 128 Å². The second-order valence-corrected chi connectivity index (χ2v) is 5.44. The van der Waals surface area contributed by atoms with E-state index in [-0.39, 0.29) is 19.4 Å². The van der Waals surface area contributed by atoms with Crippen LogP contribution >= 0.6 is 0 Å². The Kier molecular flexibility index (Phi) is 8.96. The molecule has 2 heterocycles. The van der Waals surface area contributed by atoms with Gasteiger partial charge in [0.25, 0.3) is 0 Å². The van der Waals surface area contributed by atoms with E-state index in [1.807, 2.05) is 11.9 Å². The summed E-state index contributed by atoms with van der Waals surface area (Å²) in [5, 5.41) is 0. The number of hydrogen-bond donors (Lipinski definition) is 1. The number of nitrogens with two attached hydrogens (primary N) is 1. The topological polar surface area (TPSA) is 73.1 Å². The minimum absolute atomic E-state index is 0. The van der Waals surface area contributed by atoms with Gasteiger partial charge in [0.15, 0.2) is 0 Å². The first kappa shape index (κ1) is 19.7. The summed E-state index contributed by atoms with van der Waals surface area (Å²) in [5.41, 5.74) is 5.08. The van der Waals surface area contributed by atoms with Crippen LogP contribution in [0.2, 0.25) is 0 Å². The van der Waals surface area contributed by atoms with E-state index < -0.39 is 0 Å². The van der Waals surface area contributed by atoms with Crippen LogP contribution in [0.5, 0.6) is 0 Å². The molecule has 2 N–H and O–H groups in total. The van der Waals surface area contributed by atoms with Crippen LogP contribution in [0, 0.1) is 0 Å². The third-order valence-electron chi connectivity index (χ3n) is 3.76. The Hall–Kier alpha value is -1.34. The number of carbonyl (C=O) groups excluding carboxylic acids is 2. The molecule has 0 radical (unpaired) electrons. The van der Waals surface area contributed by atoms with Crippen molar-refractivity contribution >= 4 is 11.9 Å². The van der Waals surface area contributed by atoms with Crippen molar-refractivity contribution in [2.24, 2.45) is 5.73 Å². The molecule has 0 atom stereocenters. The van der Waals surface area contributed by atoms with E-state index in [1.165, 1.54) is 0 Å². The number of likely N-dealkylation sites (N-methyl/N-ethyl adjacent to an activating group) is 2. The molecule has 2 saturated heterocycles. The molecule has 0 bridgehead atoms. The fraction of sp³-hybridized carbons (Fsp3) is 0.857. The summed E-state index contributed by atoms with van der Waals surface area (Å²) in [7, 11) is 4.12. The molecular weight excluding hydrogens is 270 g/mol. The molecule has 7 heteroatoms. The molecule has 2 rings (SSSR count). The molecule has 2 aliphatic rings. The number of carbonyl (C=O) groups is 2. The SMILES string of the molecule is C.CC(=O)N1CCN(C)CC1.CN1CCN(C(N)=O)CC1. The largest absolute Gasteiger partial charge is 0.351 e. The minimum atomic E-state index is -0.298. The molecular formula is C14H31N5O2. The number of piperazine rings is 2. The fourth-order valence-corrected chi connectivity index (χ4v) is 2.15. The Morgan fingerprint density at radius 2 is 1.10 bits per heavy atom. The van der Waals surface area contributed by atoms with Gasteiger partial charge in [0.05, 0.1) is 0 Å². The molecule has 2 fully saturated rings. The van der Waals surface area contributed by atoms with Gasteiger partial charge >= 0.3 is 6.03 Å². The summed E-state index contributed by atoms with van der Waals surface area (Å²) >= 11 is 0. The van der Waals surface area contributed by atoms with Crippen LogP contribution in [0.1, 0.15) is 14.4 Å². The highest BCUT2D eigenvalue weighted by Crippen LogP contribution is 1.98. The molecule has 0 aromatic carbocycles. The summed E-state index contributed by atoms with van der Waals surface area (Å²) in [5.74, 6) is 0.202. The Balaban J connectivity index is 0.000000364. The van der Waals surface area contributed by atoms with E-state index in [9.17, 15) is 9.59 Å². The number of primary amides is 1. The molecule has 0 spiro atoms. The van der Waals surface area contributed by atoms with Crippen molar-refractivity contribution in [3.05, 3.63) is 0 Å². The third-order valence-corrected chi connectivity index (χ3v) is 3.76. The highest BCUT2D eigenvalue weighted by atomic mass is 16.2. The first-order chi connectivity index (χ1) is 9.40. The van der Waals surface area contributed by atoms with E-state index in [0.29, 0.717) is 0 Å². The van der Waals surface area contributed by atoms with Crippen molar-refractivity contribution in [3.8, 4) is 0 Å². The Morgan fingerprint density at radius 3 is 1.38 bits per heavy atom. The van der Waals surface area contributed by atoms with Crippen molar-refractivity contribution in [2.75, 3.05) is 66.5 Å². The molecule has 0 aliphatic carbocycles. The standard InChI is InChI=1S/C7H14N2O.C6H13N3O.CH4/c1-7(10)9-5-3-8(2)4-6-9;1-8-2-4-9(5-3-8)6(7)10;/h3-6H2,1-2H3;2-5H2,1H3,(H2,7,10);1H4. The van der Waals surface area contributed by atoms with Gasteiger partial charge in [-0.25, -0.2) is 4.79 Å². The average molecular weight is 301 g/mol. The number of rotatable bonds is 0. The molecule has 3 amide bonds. The molecule has 0 aromatic heterocycles. The first-order valence-corrected chi connectivity index (χ1v) is 7.07. The van der Waals surface area contributed by atoms with Gasteiger partial charge < -0.3 is 25.3 Å². The molecule has 0 aromatic rings. The van der Waals surface area contributed by atoms with E-state index >= 15 is 0 Å². The molecule has 124 valence electrons. The lowest BCUT2D eigenvalue weighted by atomic mass is 10.3. The summed E-state index contributed by atoms with van der Waals surface area (Å²) in [6, 6.07) is -0.298. The molecule has 2 aliphatic heterocycles. The van der Waals surface area contributed by atoms with Crippen LogP contribution < -0.4 is 5.73 Å². The Morgan fingerprint density at radius 1 is 0.762 bits per heavy atom. The maximum atomic E-state index is 10.8. The van der Waals surface area contributed by atoms with Gasteiger partial charge in [0.2, 0.25) is 5.91 Å². The van der Waals surface area contributed by atoms with E-state index in [0.717, 1.165) is 52.4 Å². The number of hydrogen-bond acceptors (Lipinski definition) is 4. The van der Waals surface area contributed by atoms with Gasteiger partial charge in [0, 0.05) is 59.3 Å². The van der Waals surface area contributed by atoms with Crippen molar-refractivity contribution in [3.63, 3.8) is 0 Å². The number of amides is 3. The summed E-state index contributed by atoms with van der Waals surface area (Å²) < 4.78 is 0. The van der Waals surface area contributed by atoms with Crippen molar-refractivity contribution in [2.45, 2.75) is 14.4 Å². The molecule has 0 saturated carbocycles. The van der Waals surface area contributed by atoms with Crippen LogP contribution in [0.3, 0.4) is 0 Å². The predicted molar refractivity (Wildman–Crippen MR) is 85.1 cm³/mol.